The summed E-state index contributed by atoms with van der Waals surface area (Å²) < 4.78 is 10.8. The summed E-state index contributed by atoms with van der Waals surface area (Å²) in [5.41, 5.74) is 9.07. The van der Waals surface area contributed by atoms with Crippen LogP contribution in [0.1, 0.15) is 70.9 Å². The third-order valence-corrected chi connectivity index (χ3v) is 7.94. The van der Waals surface area contributed by atoms with E-state index in [0.717, 1.165) is 57.6 Å². The van der Waals surface area contributed by atoms with E-state index in [1.54, 1.807) is 14.2 Å². The first kappa shape index (κ1) is 31.5. The van der Waals surface area contributed by atoms with E-state index in [4.69, 9.17) is 15.2 Å². The predicted octanol–water partition coefficient (Wildman–Crippen LogP) is 3.70. The van der Waals surface area contributed by atoms with Crippen molar-refractivity contribution in [3.63, 3.8) is 0 Å². The van der Waals surface area contributed by atoms with Gasteiger partial charge in [-0.3, -0.25) is 4.79 Å². The number of aryl methyl sites for hydroxylation is 1. The van der Waals surface area contributed by atoms with Crippen molar-refractivity contribution in [3.05, 3.63) is 29.3 Å². The van der Waals surface area contributed by atoms with Gasteiger partial charge in [-0.05, 0) is 86.4 Å². The molecule has 1 aliphatic heterocycles. The highest BCUT2D eigenvalue weighted by Crippen LogP contribution is 2.28. The highest BCUT2D eigenvalue weighted by Gasteiger charge is 2.31. The molecule has 7 nitrogen and oxygen atoms in total. The zero-order valence-corrected chi connectivity index (χ0v) is 24.1. The van der Waals surface area contributed by atoms with Crippen molar-refractivity contribution in [1.29, 1.82) is 0 Å². The maximum atomic E-state index is 13.0. The van der Waals surface area contributed by atoms with Crippen molar-refractivity contribution in [3.8, 4) is 5.75 Å². The highest BCUT2D eigenvalue weighted by atomic mass is 16.5. The Hall–Kier alpha value is -1.67. The van der Waals surface area contributed by atoms with Crippen LogP contribution in [0.15, 0.2) is 18.2 Å². The second-order valence-corrected chi connectivity index (χ2v) is 11.6. The van der Waals surface area contributed by atoms with Gasteiger partial charge in [-0.1, -0.05) is 39.8 Å². The van der Waals surface area contributed by atoms with Gasteiger partial charge in [0.25, 0.3) is 0 Å². The minimum atomic E-state index is -0.715. The fraction of sp³-hybridized carbons (Fsp3) is 0.767. The number of hydrogen-bond donors (Lipinski definition) is 4. The van der Waals surface area contributed by atoms with Gasteiger partial charge in [0.2, 0.25) is 5.91 Å². The van der Waals surface area contributed by atoms with E-state index in [-0.39, 0.29) is 29.8 Å². The molecule has 1 aliphatic rings. The Morgan fingerprint density at radius 3 is 2.51 bits per heavy atom. The molecular formula is C30H53N3O4. The molecule has 1 aromatic carbocycles. The average molecular weight is 520 g/mol. The molecule has 2 rings (SSSR count). The number of rotatable bonds is 17. The van der Waals surface area contributed by atoms with Crippen LogP contribution in [0.5, 0.6) is 5.75 Å². The summed E-state index contributed by atoms with van der Waals surface area (Å²) in [5.74, 6) is 1.60. The van der Waals surface area contributed by atoms with Gasteiger partial charge >= 0.3 is 0 Å². The van der Waals surface area contributed by atoms with Crippen molar-refractivity contribution in [2.75, 3.05) is 33.9 Å². The Bertz CT molecular complexity index is 795. The summed E-state index contributed by atoms with van der Waals surface area (Å²) in [7, 11) is 3.46. The lowest BCUT2D eigenvalue weighted by Crippen LogP contribution is -2.45. The minimum absolute atomic E-state index is 0.0339. The van der Waals surface area contributed by atoms with E-state index in [2.05, 4.69) is 42.7 Å². The molecule has 5 atom stereocenters. The molecule has 7 heteroatoms. The van der Waals surface area contributed by atoms with Gasteiger partial charge in [-0.25, -0.2) is 0 Å². The molecule has 37 heavy (non-hydrogen) atoms. The summed E-state index contributed by atoms with van der Waals surface area (Å²) in [4.78, 5) is 13.0. The maximum absolute atomic E-state index is 13.0. The van der Waals surface area contributed by atoms with Crippen LogP contribution in [-0.2, 0) is 22.4 Å². The maximum Gasteiger partial charge on any atom is 0.223 e. The van der Waals surface area contributed by atoms with E-state index < -0.39 is 6.10 Å². The van der Waals surface area contributed by atoms with Crippen LogP contribution in [0.2, 0.25) is 0 Å². The molecule has 0 radical (unpaired) electrons. The quantitative estimate of drug-likeness (QED) is 0.234. The number of methoxy groups -OCH3 is 2. The number of carbonyl (C=O) groups is 1. The van der Waals surface area contributed by atoms with Gasteiger partial charge in [0.15, 0.2) is 0 Å². The van der Waals surface area contributed by atoms with Crippen molar-refractivity contribution >= 4 is 5.91 Å². The average Bonchev–Trinajstić information content (AvgIpc) is 3.37. The van der Waals surface area contributed by atoms with E-state index in [1.807, 2.05) is 13.8 Å². The molecule has 1 aromatic rings. The first-order chi connectivity index (χ1) is 17.7. The summed E-state index contributed by atoms with van der Waals surface area (Å²) in [6.07, 6.45) is 5.29. The van der Waals surface area contributed by atoms with Gasteiger partial charge in [0, 0.05) is 38.3 Å². The minimum Gasteiger partial charge on any atom is -0.496 e. The second kappa shape index (κ2) is 16.3. The number of carbonyl (C=O) groups excluding carboxylic acids is 1. The monoisotopic (exact) mass is 519 g/mol. The van der Waals surface area contributed by atoms with Gasteiger partial charge in [0.1, 0.15) is 5.75 Å². The molecule has 1 heterocycles. The standard InChI is InChI=1S/C30H53N3O4/c1-20(2)24(16-22-10-11-29(37-6)23(15-22)9-7-8-14-36-5)17-27(31)28(34)18-26(21(3)4)30(35)33-25-12-13-32-19-25/h10-11,15,20-21,24-28,32,34H,7-9,12-14,16-19,31H2,1-6H3,(H,33,35)/t24-,25+,26-,27-,28-/m0/s1. The predicted molar refractivity (Wildman–Crippen MR) is 151 cm³/mol. The molecule has 0 spiro atoms. The molecule has 0 unspecified atom stereocenters. The number of hydrogen-bond acceptors (Lipinski definition) is 6. The Labute approximate surface area is 225 Å². The number of unbranched alkanes of at least 4 members (excludes halogenated alkanes) is 1. The van der Waals surface area contributed by atoms with Crippen molar-refractivity contribution in [2.24, 2.45) is 29.4 Å². The van der Waals surface area contributed by atoms with E-state index >= 15 is 0 Å². The molecule has 5 N–H and O–H groups in total. The summed E-state index contributed by atoms with van der Waals surface area (Å²) in [5, 5.41) is 17.5. The largest absolute Gasteiger partial charge is 0.496 e. The number of benzene rings is 1. The van der Waals surface area contributed by atoms with Crippen LogP contribution < -0.4 is 21.1 Å². The molecule has 0 aromatic heterocycles. The molecule has 1 amide bonds. The van der Waals surface area contributed by atoms with Crippen LogP contribution in [0, 0.1) is 23.7 Å². The van der Waals surface area contributed by atoms with E-state index in [0.29, 0.717) is 24.7 Å². The normalized spacial score (nSPS) is 19.1. The van der Waals surface area contributed by atoms with Crippen molar-refractivity contribution in [1.82, 2.24) is 10.6 Å². The molecular weight excluding hydrogens is 466 g/mol. The summed E-state index contributed by atoms with van der Waals surface area (Å²) in [6.45, 7) is 11.1. The Balaban J connectivity index is 2.00. The fourth-order valence-corrected chi connectivity index (χ4v) is 5.32. The smallest absolute Gasteiger partial charge is 0.223 e. The van der Waals surface area contributed by atoms with Crippen molar-refractivity contribution < 1.29 is 19.4 Å². The first-order valence-corrected chi connectivity index (χ1v) is 14.3. The third kappa shape index (κ3) is 10.5. The van der Waals surface area contributed by atoms with Crippen LogP contribution >= 0.6 is 0 Å². The second-order valence-electron chi connectivity index (χ2n) is 11.6. The molecule has 212 valence electrons. The van der Waals surface area contributed by atoms with Crippen molar-refractivity contribution in [2.45, 2.75) is 90.8 Å². The summed E-state index contributed by atoms with van der Waals surface area (Å²) >= 11 is 0. The van der Waals surface area contributed by atoms with E-state index in [1.165, 1.54) is 11.1 Å². The first-order valence-electron chi connectivity index (χ1n) is 14.3. The molecule has 0 aliphatic carbocycles. The number of nitrogens with one attached hydrogen (secondary N) is 2. The molecule has 0 saturated carbocycles. The zero-order chi connectivity index (χ0) is 27.4. The Morgan fingerprint density at radius 2 is 1.92 bits per heavy atom. The van der Waals surface area contributed by atoms with Crippen LogP contribution in [0.4, 0.5) is 0 Å². The fourth-order valence-electron chi connectivity index (χ4n) is 5.32. The van der Waals surface area contributed by atoms with Crippen LogP contribution in [0.3, 0.4) is 0 Å². The zero-order valence-electron chi connectivity index (χ0n) is 24.1. The molecule has 0 bridgehead atoms. The number of aliphatic hydroxyl groups excluding tert-OH is 1. The third-order valence-electron chi connectivity index (χ3n) is 7.94. The van der Waals surface area contributed by atoms with Crippen LogP contribution in [-0.4, -0.2) is 63.1 Å². The molecule has 1 saturated heterocycles. The SMILES string of the molecule is COCCCCc1cc(C[C@@H](C[C@H](N)[C@@H](O)C[C@H](C(=O)N[C@@H]2CCNC2)C(C)C)C(C)C)ccc1OC. The lowest BCUT2D eigenvalue weighted by molar-refractivity contribution is -0.128. The summed E-state index contributed by atoms with van der Waals surface area (Å²) in [6, 6.07) is 6.28. The van der Waals surface area contributed by atoms with E-state index in [9.17, 15) is 9.90 Å². The number of nitrogens with two attached hydrogens (primary N) is 1. The Morgan fingerprint density at radius 1 is 1.16 bits per heavy atom. The lowest BCUT2D eigenvalue weighted by Gasteiger charge is -2.30. The lowest BCUT2D eigenvalue weighted by atomic mass is 9.80. The van der Waals surface area contributed by atoms with Gasteiger partial charge in [-0.2, -0.15) is 0 Å². The van der Waals surface area contributed by atoms with Crippen LogP contribution in [0.25, 0.3) is 0 Å². The Kier molecular flexibility index (Phi) is 13.9. The van der Waals surface area contributed by atoms with Gasteiger partial charge < -0.3 is 30.9 Å². The highest BCUT2D eigenvalue weighted by molar-refractivity contribution is 5.79. The van der Waals surface area contributed by atoms with Gasteiger partial charge in [-0.15, -0.1) is 0 Å². The number of ether oxygens (including phenoxy) is 2. The number of aliphatic hydroxyl groups is 1. The molecule has 1 fully saturated rings. The van der Waals surface area contributed by atoms with Gasteiger partial charge in [0.05, 0.1) is 13.2 Å². The topological polar surface area (TPSA) is 106 Å². The number of amides is 1.